The molecule has 110 valence electrons. The highest BCUT2D eigenvalue weighted by molar-refractivity contribution is 9.10. The standard InChI is InChI=1S/C14H19BrN2O2S/c1-4-17(5-2)14(20)16-13(18)9-19-12-7-6-10(3)8-11(12)15/h6-8H,4-5,9H2,1-3H3,(H,16,18,20). The van der Waals surface area contributed by atoms with Crippen molar-refractivity contribution >= 4 is 39.2 Å². The van der Waals surface area contributed by atoms with Gasteiger partial charge in [-0.05, 0) is 66.6 Å². The van der Waals surface area contributed by atoms with Crippen molar-refractivity contribution in [2.24, 2.45) is 0 Å². The van der Waals surface area contributed by atoms with Crippen LogP contribution in [0, 0.1) is 6.92 Å². The summed E-state index contributed by atoms with van der Waals surface area (Å²) in [6, 6.07) is 5.70. The van der Waals surface area contributed by atoms with Crippen molar-refractivity contribution in [1.29, 1.82) is 0 Å². The molecule has 0 aliphatic heterocycles. The van der Waals surface area contributed by atoms with Crippen molar-refractivity contribution in [1.82, 2.24) is 10.2 Å². The lowest BCUT2D eigenvalue weighted by Crippen LogP contribution is -2.44. The summed E-state index contributed by atoms with van der Waals surface area (Å²) in [6.07, 6.45) is 0. The molecule has 0 heterocycles. The Kier molecular flexibility index (Phi) is 6.95. The Morgan fingerprint density at radius 3 is 2.60 bits per heavy atom. The number of thiocarbonyl (C=S) groups is 1. The normalized spacial score (nSPS) is 10.0. The van der Waals surface area contributed by atoms with Gasteiger partial charge in [0.25, 0.3) is 5.91 Å². The van der Waals surface area contributed by atoms with E-state index in [1.807, 2.05) is 43.9 Å². The maximum absolute atomic E-state index is 11.8. The summed E-state index contributed by atoms with van der Waals surface area (Å²) in [5.74, 6) is 0.383. The number of ether oxygens (including phenoxy) is 1. The Morgan fingerprint density at radius 2 is 2.05 bits per heavy atom. The first-order valence-corrected chi connectivity index (χ1v) is 7.65. The van der Waals surface area contributed by atoms with Crippen LogP contribution in [-0.2, 0) is 4.79 Å². The zero-order valence-corrected chi connectivity index (χ0v) is 14.3. The van der Waals surface area contributed by atoms with Gasteiger partial charge in [-0.2, -0.15) is 0 Å². The molecule has 0 aliphatic carbocycles. The maximum Gasteiger partial charge on any atom is 0.264 e. The van der Waals surface area contributed by atoms with Crippen LogP contribution in [0.1, 0.15) is 19.4 Å². The van der Waals surface area contributed by atoms with Gasteiger partial charge in [0.15, 0.2) is 11.7 Å². The highest BCUT2D eigenvalue weighted by atomic mass is 79.9. The number of carbonyl (C=O) groups excluding carboxylic acids is 1. The number of benzene rings is 1. The lowest BCUT2D eigenvalue weighted by Gasteiger charge is -2.21. The molecule has 0 aromatic heterocycles. The zero-order chi connectivity index (χ0) is 15.1. The molecule has 0 unspecified atom stereocenters. The number of rotatable bonds is 5. The van der Waals surface area contributed by atoms with Gasteiger partial charge >= 0.3 is 0 Å². The molecular weight excluding hydrogens is 340 g/mol. The first kappa shape index (κ1) is 16.9. The molecular formula is C14H19BrN2O2S. The van der Waals surface area contributed by atoms with E-state index in [0.29, 0.717) is 10.9 Å². The van der Waals surface area contributed by atoms with Crippen LogP contribution in [0.15, 0.2) is 22.7 Å². The van der Waals surface area contributed by atoms with Crippen molar-refractivity contribution in [3.05, 3.63) is 28.2 Å². The third-order valence-electron chi connectivity index (χ3n) is 2.74. The molecule has 1 aromatic rings. The molecule has 1 aromatic carbocycles. The van der Waals surface area contributed by atoms with Crippen molar-refractivity contribution in [3.8, 4) is 5.75 Å². The minimum atomic E-state index is -0.255. The third-order valence-corrected chi connectivity index (χ3v) is 3.72. The molecule has 6 heteroatoms. The highest BCUT2D eigenvalue weighted by Crippen LogP contribution is 2.25. The molecule has 1 amide bonds. The molecule has 0 spiro atoms. The number of hydrogen-bond acceptors (Lipinski definition) is 3. The van der Waals surface area contributed by atoms with Gasteiger partial charge in [0, 0.05) is 13.1 Å². The van der Waals surface area contributed by atoms with Gasteiger partial charge in [-0.25, -0.2) is 0 Å². The van der Waals surface area contributed by atoms with Crippen LogP contribution in [0.25, 0.3) is 0 Å². The number of nitrogens with one attached hydrogen (secondary N) is 1. The second kappa shape index (κ2) is 8.21. The average molecular weight is 359 g/mol. The summed E-state index contributed by atoms with van der Waals surface area (Å²) >= 11 is 8.56. The van der Waals surface area contributed by atoms with Crippen LogP contribution < -0.4 is 10.1 Å². The second-order valence-corrected chi connectivity index (χ2v) is 5.49. The van der Waals surface area contributed by atoms with Crippen LogP contribution in [0.5, 0.6) is 5.75 Å². The summed E-state index contributed by atoms with van der Waals surface area (Å²) in [4.78, 5) is 13.7. The van der Waals surface area contributed by atoms with Crippen molar-refractivity contribution in [2.75, 3.05) is 19.7 Å². The SMILES string of the molecule is CCN(CC)C(=S)NC(=O)COc1ccc(C)cc1Br. The Morgan fingerprint density at radius 1 is 1.40 bits per heavy atom. The largest absolute Gasteiger partial charge is 0.483 e. The molecule has 0 atom stereocenters. The first-order chi connectivity index (χ1) is 9.47. The van der Waals surface area contributed by atoms with Crippen LogP contribution in [0.2, 0.25) is 0 Å². The molecule has 0 bridgehead atoms. The molecule has 20 heavy (non-hydrogen) atoms. The lowest BCUT2D eigenvalue weighted by molar-refractivity contribution is -0.121. The van der Waals surface area contributed by atoms with E-state index in [1.165, 1.54) is 0 Å². The van der Waals surface area contributed by atoms with E-state index in [9.17, 15) is 4.79 Å². The van der Waals surface area contributed by atoms with Gasteiger partial charge in [0.2, 0.25) is 0 Å². The van der Waals surface area contributed by atoms with E-state index < -0.39 is 0 Å². The Balaban J connectivity index is 2.49. The molecule has 0 radical (unpaired) electrons. The van der Waals surface area contributed by atoms with Crippen LogP contribution in [-0.4, -0.2) is 35.6 Å². The molecule has 0 aliphatic rings. The van der Waals surface area contributed by atoms with Crippen molar-refractivity contribution < 1.29 is 9.53 Å². The summed E-state index contributed by atoms with van der Waals surface area (Å²) in [5.41, 5.74) is 1.12. The minimum Gasteiger partial charge on any atom is -0.483 e. The number of amides is 1. The predicted octanol–water partition coefficient (Wildman–Crippen LogP) is 2.88. The smallest absolute Gasteiger partial charge is 0.264 e. The van der Waals surface area contributed by atoms with Gasteiger partial charge < -0.3 is 15.0 Å². The Labute approximate surface area is 133 Å². The van der Waals surface area contributed by atoms with Gasteiger partial charge in [-0.3, -0.25) is 4.79 Å². The zero-order valence-electron chi connectivity index (χ0n) is 11.9. The van der Waals surface area contributed by atoms with E-state index >= 15 is 0 Å². The highest BCUT2D eigenvalue weighted by Gasteiger charge is 2.10. The average Bonchev–Trinajstić information content (AvgIpc) is 2.39. The minimum absolute atomic E-state index is 0.0664. The predicted molar refractivity (Wildman–Crippen MR) is 88.0 cm³/mol. The fraction of sp³-hybridized carbons (Fsp3) is 0.429. The Hall–Kier alpha value is -1.14. The summed E-state index contributed by atoms with van der Waals surface area (Å²) in [5, 5.41) is 3.10. The Bertz CT molecular complexity index is 490. The number of hydrogen-bond donors (Lipinski definition) is 1. The van der Waals surface area contributed by atoms with E-state index in [0.717, 1.165) is 23.1 Å². The van der Waals surface area contributed by atoms with E-state index in [2.05, 4.69) is 21.2 Å². The fourth-order valence-corrected chi connectivity index (χ4v) is 2.59. The topological polar surface area (TPSA) is 41.6 Å². The van der Waals surface area contributed by atoms with Crippen molar-refractivity contribution in [3.63, 3.8) is 0 Å². The molecule has 1 N–H and O–H groups in total. The quantitative estimate of drug-likeness (QED) is 0.821. The summed E-state index contributed by atoms with van der Waals surface area (Å²) in [7, 11) is 0. The first-order valence-electron chi connectivity index (χ1n) is 6.45. The number of carbonyl (C=O) groups is 1. The molecule has 0 saturated heterocycles. The number of halogens is 1. The number of aryl methyl sites for hydroxylation is 1. The van der Waals surface area contributed by atoms with Gasteiger partial charge in [0.1, 0.15) is 5.75 Å². The van der Waals surface area contributed by atoms with Crippen LogP contribution >= 0.6 is 28.1 Å². The van der Waals surface area contributed by atoms with E-state index in [1.54, 1.807) is 0 Å². The summed E-state index contributed by atoms with van der Waals surface area (Å²) in [6.45, 7) is 7.43. The molecule has 0 saturated carbocycles. The fourth-order valence-electron chi connectivity index (χ4n) is 1.61. The van der Waals surface area contributed by atoms with Crippen LogP contribution in [0.4, 0.5) is 0 Å². The van der Waals surface area contributed by atoms with E-state index in [4.69, 9.17) is 17.0 Å². The second-order valence-electron chi connectivity index (χ2n) is 4.25. The van der Waals surface area contributed by atoms with Gasteiger partial charge in [-0.15, -0.1) is 0 Å². The number of nitrogens with zero attached hydrogens (tertiary/aromatic N) is 1. The molecule has 1 rings (SSSR count). The van der Waals surface area contributed by atoms with Crippen molar-refractivity contribution in [2.45, 2.75) is 20.8 Å². The third kappa shape index (κ3) is 5.09. The van der Waals surface area contributed by atoms with Gasteiger partial charge in [0.05, 0.1) is 4.47 Å². The molecule has 0 fully saturated rings. The summed E-state index contributed by atoms with van der Waals surface area (Å²) < 4.78 is 6.29. The maximum atomic E-state index is 11.8. The van der Waals surface area contributed by atoms with E-state index in [-0.39, 0.29) is 12.5 Å². The van der Waals surface area contributed by atoms with Crippen LogP contribution in [0.3, 0.4) is 0 Å². The lowest BCUT2D eigenvalue weighted by atomic mass is 10.2. The molecule has 4 nitrogen and oxygen atoms in total. The monoisotopic (exact) mass is 358 g/mol. The van der Waals surface area contributed by atoms with Gasteiger partial charge in [-0.1, -0.05) is 6.07 Å².